The summed E-state index contributed by atoms with van der Waals surface area (Å²) in [6.45, 7) is 8.52. The third-order valence-electron chi connectivity index (χ3n) is 2.99. The molecule has 2 heteroatoms. The molecule has 2 rings (SSSR count). The van der Waals surface area contributed by atoms with E-state index in [1.54, 1.807) is 0 Å². The topological polar surface area (TPSA) is 33.1 Å². The molecule has 0 amide bonds. The summed E-state index contributed by atoms with van der Waals surface area (Å²) in [5.41, 5.74) is 4.15. The maximum Gasteiger partial charge on any atom is 0.0709 e. The van der Waals surface area contributed by atoms with Crippen LogP contribution in [0.5, 0.6) is 0 Å². The van der Waals surface area contributed by atoms with Crippen molar-refractivity contribution in [1.82, 2.24) is 4.98 Å². The van der Waals surface area contributed by atoms with E-state index in [0.29, 0.717) is 0 Å². The highest BCUT2D eigenvalue weighted by molar-refractivity contribution is 5.83. The minimum atomic E-state index is 0.00297. The zero-order valence-corrected chi connectivity index (χ0v) is 10.9. The van der Waals surface area contributed by atoms with E-state index in [9.17, 15) is 5.11 Å². The minimum Gasteiger partial charge on any atom is -0.392 e. The van der Waals surface area contributed by atoms with Crippen LogP contribution in [0.15, 0.2) is 24.3 Å². The van der Waals surface area contributed by atoms with Crippen molar-refractivity contribution < 1.29 is 5.11 Å². The average Bonchev–Trinajstić information content (AvgIpc) is 2.26. The molecule has 1 aromatic carbocycles. The molecule has 0 bridgehead atoms. The van der Waals surface area contributed by atoms with Gasteiger partial charge in [-0.3, -0.25) is 4.98 Å². The Bertz CT molecular complexity index is 553. The van der Waals surface area contributed by atoms with Crippen LogP contribution >= 0.6 is 0 Å². The number of rotatable bonds is 1. The standard InChI is InChI=1S/C15H19NO/c1-10-5-6-13-12(7-10)11(9-17)8-14(16-13)15(2,3)4/h5-8,17H,9H2,1-4H3. The lowest BCUT2D eigenvalue weighted by Gasteiger charge is -2.19. The lowest BCUT2D eigenvalue weighted by Crippen LogP contribution is -2.14. The van der Waals surface area contributed by atoms with Crippen LogP contribution in [0.2, 0.25) is 0 Å². The van der Waals surface area contributed by atoms with Gasteiger partial charge in [-0.15, -0.1) is 0 Å². The molecule has 90 valence electrons. The molecule has 0 aliphatic rings. The van der Waals surface area contributed by atoms with Crippen LogP contribution < -0.4 is 0 Å². The average molecular weight is 229 g/mol. The predicted molar refractivity (Wildman–Crippen MR) is 71.1 cm³/mol. The normalized spacial score (nSPS) is 12.1. The summed E-state index contributed by atoms with van der Waals surface area (Å²) in [7, 11) is 0. The number of aliphatic hydroxyl groups excluding tert-OH is 1. The Morgan fingerprint density at radius 2 is 1.88 bits per heavy atom. The molecule has 0 aliphatic carbocycles. The molecule has 1 heterocycles. The van der Waals surface area contributed by atoms with Gasteiger partial charge in [-0.1, -0.05) is 32.4 Å². The van der Waals surface area contributed by atoms with Gasteiger partial charge in [0.2, 0.25) is 0 Å². The Hall–Kier alpha value is -1.41. The van der Waals surface area contributed by atoms with E-state index in [-0.39, 0.29) is 12.0 Å². The van der Waals surface area contributed by atoms with E-state index in [2.05, 4.69) is 44.8 Å². The highest BCUT2D eigenvalue weighted by atomic mass is 16.3. The van der Waals surface area contributed by atoms with E-state index >= 15 is 0 Å². The summed E-state index contributed by atoms with van der Waals surface area (Å²) in [5.74, 6) is 0. The first-order valence-corrected chi connectivity index (χ1v) is 5.93. The Morgan fingerprint density at radius 1 is 1.18 bits per heavy atom. The number of aliphatic hydroxyl groups is 1. The van der Waals surface area contributed by atoms with Crippen LogP contribution in [0.3, 0.4) is 0 Å². The molecule has 0 spiro atoms. The SMILES string of the molecule is Cc1ccc2nc(C(C)(C)C)cc(CO)c2c1. The van der Waals surface area contributed by atoms with Gasteiger partial charge in [0.05, 0.1) is 12.1 Å². The third-order valence-corrected chi connectivity index (χ3v) is 2.99. The smallest absolute Gasteiger partial charge is 0.0709 e. The molecule has 1 aromatic heterocycles. The van der Waals surface area contributed by atoms with Crippen LogP contribution in [0.4, 0.5) is 0 Å². The Kier molecular flexibility index (Phi) is 2.92. The van der Waals surface area contributed by atoms with Gasteiger partial charge < -0.3 is 5.11 Å². The van der Waals surface area contributed by atoms with Gasteiger partial charge in [0.15, 0.2) is 0 Å². The lowest BCUT2D eigenvalue weighted by atomic mass is 9.90. The summed E-state index contributed by atoms with van der Waals surface area (Å²) in [5, 5.41) is 10.5. The monoisotopic (exact) mass is 229 g/mol. The van der Waals surface area contributed by atoms with Crippen molar-refractivity contribution >= 4 is 10.9 Å². The summed E-state index contributed by atoms with van der Waals surface area (Å²) < 4.78 is 0. The van der Waals surface area contributed by atoms with Crippen LogP contribution in [0.1, 0.15) is 37.6 Å². The number of hydrogen-bond donors (Lipinski definition) is 1. The highest BCUT2D eigenvalue weighted by Gasteiger charge is 2.17. The fourth-order valence-electron chi connectivity index (χ4n) is 1.92. The first-order valence-electron chi connectivity index (χ1n) is 5.93. The summed E-state index contributed by atoms with van der Waals surface area (Å²) >= 11 is 0. The molecule has 17 heavy (non-hydrogen) atoms. The minimum absolute atomic E-state index is 0.00297. The van der Waals surface area contributed by atoms with E-state index < -0.39 is 0 Å². The van der Waals surface area contributed by atoms with Gasteiger partial charge in [0.25, 0.3) is 0 Å². The Balaban J connectivity index is 2.75. The van der Waals surface area contributed by atoms with E-state index in [4.69, 9.17) is 0 Å². The number of aryl methyl sites for hydroxylation is 1. The van der Waals surface area contributed by atoms with Crippen molar-refractivity contribution in [2.24, 2.45) is 0 Å². The molecule has 1 N–H and O–H groups in total. The quantitative estimate of drug-likeness (QED) is 0.813. The molecule has 0 fully saturated rings. The van der Waals surface area contributed by atoms with E-state index in [0.717, 1.165) is 22.2 Å². The van der Waals surface area contributed by atoms with Crippen LogP contribution in [-0.4, -0.2) is 10.1 Å². The molecule has 0 saturated carbocycles. The first kappa shape index (κ1) is 12.1. The second-order valence-electron chi connectivity index (χ2n) is 5.60. The van der Waals surface area contributed by atoms with Crippen LogP contribution in [-0.2, 0) is 12.0 Å². The van der Waals surface area contributed by atoms with Crippen molar-refractivity contribution in [3.05, 3.63) is 41.1 Å². The van der Waals surface area contributed by atoms with Gasteiger partial charge >= 0.3 is 0 Å². The van der Waals surface area contributed by atoms with Gasteiger partial charge in [0, 0.05) is 16.5 Å². The van der Waals surface area contributed by atoms with Crippen LogP contribution in [0, 0.1) is 6.92 Å². The van der Waals surface area contributed by atoms with Gasteiger partial charge in [-0.05, 0) is 30.7 Å². The molecule has 0 unspecified atom stereocenters. The van der Waals surface area contributed by atoms with Crippen molar-refractivity contribution in [3.8, 4) is 0 Å². The molecular formula is C15H19NO. The van der Waals surface area contributed by atoms with Gasteiger partial charge in [0.1, 0.15) is 0 Å². The van der Waals surface area contributed by atoms with Crippen molar-refractivity contribution in [3.63, 3.8) is 0 Å². The lowest BCUT2D eigenvalue weighted by molar-refractivity contribution is 0.283. The molecule has 2 aromatic rings. The molecule has 2 nitrogen and oxygen atoms in total. The number of pyridine rings is 1. The fourth-order valence-corrected chi connectivity index (χ4v) is 1.92. The summed E-state index contributed by atoms with van der Waals surface area (Å²) in [6, 6.07) is 8.18. The van der Waals surface area contributed by atoms with Crippen LogP contribution in [0.25, 0.3) is 10.9 Å². The van der Waals surface area contributed by atoms with Gasteiger partial charge in [-0.25, -0.2) is 0 Å². The van der Waals surface area contributed by atoms with E-state index in [1.807, 2.05) is 12.1 Å². The molecular weight excluding hydrogens is 210 g/mol. The second-order valence-corrected chi connectivity index (χ2v) is 5.60. The number of nitrogens with zero attached hydrogens (tertiary/aromatic N) is 1. The van der Waals surface area contributed by atoms with Crippen molar-refractivity contribution in [2.45, 2.75) is 39.7 Å². The molecule has 0 aliphatic heterocycles. The molecule has 0 atom stereocenters. The fraction of sp³-hybridized carbons (Fsp3) is 0.400. The number of aromatic nitrogens is 1. The third kappa shape index (κ3) is 2.32. The second kappa shape index (κ2) is 4.11. The maximum atomic E-state index is 9.49. The molecule has 0 saturated heterocycles. The van der Waals surface area contributed by atoms with Gasteiger partial charge in [-0.2, -0.15) is 0 Å². The maximum absolute atomic E-state index is 9.49. The first-order chi connectivity index (χ1) is 7.91. The van der Waals surface area contributed by atoms with Crippen molar-refractivity contribution in [2.75, 3.05) is 0 Å². The Labute approximate surface area is 102 Å². The number of benzene rings is 1. The Morgan fingerprint density at radius 3 is 2.47 bits per heavy atom. The molecule has 0 radical (unpaired) electrons. The zero-order valence-electron chi connectivity index (χ0n) is 10.9. The number of fused-ring (bicyclic) bond motifs is 1. The van der Waals surface area contributed by atoms with E-state index in [1.165, 1.54) is 5.56 Å². The number of hydrogen-bond acceptors (Lipinski definition) is 2. The zero-order chi connectivity index (χ0) is 12.6. The summed E-state index contributed by atoms with van der Waals surface area (Å²) in [4.78, 5) is 4.69. The predicted octanol–water partition coefficient (Wildman–Crippen LogP) is 3.33. The highest BCUT2D eigenvalue weighted by Crippen LogP contribution is 2.26. The van der Waals surface area contributed by atoms with Crippen molar-refractivity contribution in [1.29, 1.82) is 0 Å². The largest absolute Gasteiger partial charge is 0.392 e. The summed E-state index contributed by atoms with van der Waals surface area (Å²) in [6.07, 6.45) is 0.